The normalized spacial score (nSPS) is 11.2. The lowest BCUT2D eigenvalue weighted by atomic mass is 10.5. The summed E-state index contributed by atoms with van der Waals surface area (Å²) in [6.45, 7) is 2.32. The summed E-state index contributed by atoms with van der Waals surface area (Å²) in [6.07, 6.45) is 0. The highest BCUT2D eigenvalue weighted by atomic mass is 79.9. The Bertz CT molecular complexity index is 652. The molecule has 86 valence electrons. The van der Waals surface area contributed by atoms with Crippen LogP contribution >= 0.6 is 15.9 Å². The van der Waals surface area contributed by atoms with E-state index < -0.39 is 0 Å². The Balaban J connectivity index is 3.01. The summed E-state index contributed by atoms with van der Waals surface area (Å²) in [4.78, 5) is 30.7. The number of hydrogen-bond donors (Lipinski definition) is 1. The van der Waals surface area contributed by atoms with E-state index in [0.29, 0.717) is 28.9 Å². The molecule has 0 saturated carbocycles. The Labute approximate surface area is 99.1 Å². The van der Waals surface area contributed by atoms with Gasteiger partial charge in [-0.3, -0.25) is 13.9 Å². The molecule has 0 bridgehead atoms. The first-order chi connectivity index (χ1) is 7.60. The molecule has 0 aliphatic rings. The minimum atomic E-state index is -0.343. The highest BCUT2D eigenvalue weighted by Crippen LogP contribution is 2.07. The van der Waals surface area contributed by atoms with Crippen LogP contribution in [-0.4, -0.2) is 19.1 Å². The molecule has 16 heavy (non-hydrogen) atoms. The fraction of sp³-hybridized carbons (Fsp3) is 0.444. The molecular weight excluding hydrogens is 276 g/mol. The van der Waals surface area contributed by atoms with Crippen LogP contribution in [0.4, 0.5) is 0 Å². The van der Waals surface area contributed by atoms with Gasteiger partial charge in [0.2, 0.25) is 0 Å². The first kappa shape index (κ1) is 11.1. The second kappa shape index (κ2) is 3.89. The number of aromatic amines is 1. The van der Waals surface area contributed by atoms with Crippen LogP contribution in [0.3, 0.4) is 0 Å². The number of halogens is 1. The van der Waals surface area contributed by atoms with Crippen molar-refractivity contribution in [2.75, 3.05) is 0 Å². The van der Waals surface area contributed by atoms with Gasteiger partial charge < -0.3 is 4.98 Å². The molecule has 1 N–H and O–H groups in total. The summed E-state index contributed by atoms with van der Waals surface area (Å²) < 4.78 is 2.56. The van der Waals surface area contributed by atoms with E-state index in [4.69, 9.17) is 0 Å². The molecule has 0 saturated heterocycles. The van der Waals surface area contributed by atoms with Crippen LogP contribution in [0, 0.1) is 0 Å². The van der Waals surface area contributed by atoms with Crippen molar-refractivity contribution in [3.8, 4) is 0 Å². The van der Waals surface area contributed by atoms with Gasteiger partial charge in [-0.15, -0.1) is 0 Å². The van der Waals surface area contributed by atoms with Crippen molar-refractivity contribution in [2.45, 2.75) is 18.8 Å². The maximum absolute atomic E-state index is 11.8. The summed E-state index contributed by atoms with van der Waals surface area (Å²) in [5.74, 6) is 0.639. The van der Waals surface area contributed by atoms with Gasteiger partial charge in [0.1, 0.15) is 11.3 Å². The first-order valence-electron chi connectivity index (χ1n) is 4.84. The predicted octanol–water partition coefficient (Wildman–Crippen LogP) is 0.338. The predicted molar refractivity (Wildman–Crippen MR) is 63.9 cm³/mol. The molecule has 0 atom stereocenters. The number of alkyl halides is 1. The Morgan fingerprint density at radius 2 is 2.12 bits per heavy atom. The number of hydrogen-bond acceptors (Lipinski definition) is 3. The SMILES string of the molecule is CCn1c(=O)n(C)c(=O)c2[nH]c(CBr)nc21. The lowest BCUT2D eigenvalue weighted by molar-refractivity contribution is 0.652. The largest absolute Gasteiger partial charge is 0.335 e. The third kappa shape index (κ3) is 1.42. The molecule has 6 nitrogen and oxygen atoms in total. The minimum Gasteiger partial charge on any atom is -0.335 e. The van der Waals surface area contributed by atoms with E-state index in [0.717, 1.165) is 4.57 Å². The summed E-state index contributed by atoms with van der Waals surface area (Å²) in [7, 11) is 1.46. The maximum atomic E-state index is 11.8. The molecule has 0 radical (unpaired) electrons. The number of nitrogens with zero attached hydrogens (tertiary/aromatic N) is 3. The number of fused-ring (bicyclic) bond motifs is 1. The lowest BCUT2D eigenvalue weighted by Crippen LogP contribution is -2.37. The van der Waals surface area contributed by atoms with Crippen molar-refractivity contribution in [2.24, 2.45) is 7.05 Å². The number of H-pyrrole nitrogens is 1. The quantitative estimate of drug-likeness (QED) is 0.809. The van der Waals surface area contributed by atoms with Gasteiger partial charge in [0.25, 0.3) is 5.56 Å². The Kier molecular flexibility index (Phi) is 2.71. The highest BCUT2D eigenvalue weighted by molar-refractivity contribution is 9.08. The van der Waals surface area contributed by atoms with Gasteiger partial charge in [0.15, 0.2) is 5.65 Å². The van der Waals surface area contributed by atoms with Crippen LogP contribution in [0.15, 0.2) is 9.59 Å². The van der Waals surface area contributed by atoms with Gasteiger partial charge >= 0.3 is 5.69 Å². The van der Waals surface area contributed by atoms with Crippen LogP contribution in [0.5, 0.6) is 0 Å². The summed E-state index contributed by atoms with van der Waals surface area (Å²) in [5.41, 5.74) is 0.112. The molecule has 0 spiro atoms. The summed E-state index contributed by atoms with van der Waals surface area (Å²) in [6, 6.07) is 0. The average Bonchev–Trinajstić information content (AvgIpc) is 2.71. The zero-order chi connectivity index (χ0) is 11.9. The van der Waals surface area contributed by atoms with Crippen molar-refractivity contribution in [1.29, 1.82) is 0 Å². The van der Waals surface area contributed by atoms with Crippen LogP contribution in [0.1, 0.15) is 12.7 Å². The van der Waals surface area contributed by atoms with Gasteiger partial charge in [0, 0.05) is 13.6 Å². The van der Waals surface area contributed by atoms with Gasteiger partial charge in [0.05, 0.1) is 5.33 Å². The van der Waals surface area contributed by atoms with Gasteiger partial charge in [-0.05, 0) is 6.92 Å². The smallest absolute Gasteiger partial charge is 0.332 e. The van der Waals surface area contributed by atoms with E-state index in [9.17, 15) is 9.59 Å². The fourth-order valence-electron chi connectivity index (χ4n) is 1.63. The van der Waals surface area contributed by atoms with Crippen molar-refractivity contribution >= 4 is 27.1 Å². The second-order valence-corrected chi connectivity index (χ2v) is 3.97. The molecular formula is C9H11BrN4O2. The molecule has 2 aromatic rings. The fourth-order valence-corrected chi connectivity index (χ4v) is 1.90. The molecule has 0 aliphatic heterocycles. The number of imidazole rings is 1. The summed E-state index contributed by atoms with van der Waals surface area (Å²) in [5, 5.41) is 0.517. The third-order valence-corrected chi connectivity index (χ3v) is 3.00. The number of aromatic nitrogens is 4. The van der Waals surface area contributed by atoms with Gasteiger partial charge in [-0.2, -0.15) is 0 Å². The topological polar surface area (TPSA) is 72.7 Å². The standard InChI is InChI=1S/C9H11BrN4O2/c1-3-14-7-6(11-5(4-10)12-7)8(15)13(2)9(14)16/h3-4H2,1-2H3,(H,11,12). The number of aryl methyl sites for hydroxylation is 1. The molecule has 2 aromatic heterocycles. The van der Waals surface area contributed by atoms with Crippen molar-refractivity contribution in [1.82, 2.24) is 19.1 Å². The molecule has 2 heterocycles. The lowest BCUT2D eigenvalue weighted by Gasteiger charge is -2.04. The van der Waals surface area contributed by atoms with Crippen molar-refractivity contribution < 1.29 is 0 Å². The molecule has 0 aromatic carbocycles. The van der Waals surface area contributed by atoms with E-state index in [-0.39, 0.29) is 11.2 Å². The van der Waals surface area contributed by atoms with Crippen LogP contribution in [-0.2, 0) is 18.9 Å². The monoisotopic (exact) mass is 286 g/mol. The highest BCUT2D eigenvalue weighted by Gasteiger charge is 2.13. The van der Waals surface area contributed by atoms with E-state index in [1.807, 2.05) is 6.92 Å². The zero-order valence-corrected chi connectivity index (χ0v) is 10.5. The third-order valence-electron chi connectivity index (χ3n) is 2.47. The van der Waals surface area contributed by atoms with E-state index >= 15 is 0 Å². The molecule has 0 unspecified atom stereocenters. The zero-order valence-electron chi connectivity index (χ0n) is 8.95. The van der Waals surface area contributed by atoms with Gasteiger partial charge in [-0.25, -0.2) is 9.78 Å². The number of rotatable bonds is 2. The van der Waals surface area contributed by atoms with Crippen LogP contribution in [0.25, 0.3) is 11.2 Å². The van der Waals surface area contributed by atoms with E-state index in [2.05, 4.69) is 25.9 Å². The molecule has 0 aliphatic carbocycles. The van der Waals surface area contributed by atoms with Crippen molar-refractivity contribution in [3.05, 3.63) is 26.7 Å². The van der Waals surface area contributed by atoms with Crippen LogP contribution < -0.4 is 11.2 Å². The average molecular weight is 287 g/mol. The van der Waals surface area contributed by atoms with Crippen molar-refractivity contribution in [3.63, 3.8) is 0 Å². The Morgan fingerprint density at radius 3 is 2.69 bits per heavy atom. The Morgan fingerprint density at radius 1 is 1.44 bits per heavy atom. The summed E-state index contributed by atoms with van der Waals surface area (Å²) >= 11 is 3.25. The molecule has 0 fully saturated rings. The minimum absolute atomic E-state index is 0.340. The van der Waals surface area contributed by atoms with Crippen LogP contribution in [0.2, 0.25) is 0 Å². The molecule has 7 heteroatoms. The first-order valence-corrected chi connectivity index (χ1v) is 5.96. The molecule has 0 amide bonds. The number of nitrogens with one attached hydrogen (secondary N) is 1. The molecule has 2 rings (SSSR count). The van der Waals surface area contributed by atoms with Gasteiger partial charge in [-0.1, -0.05) is 15.9 Å². The van der Waals surface area contributed by atoms with E-state index in [1.54, 1.807) is 0 Å². The Hall–Kier alpha value is -1.37. The second-order valence-electron chi connectivity index (χ2n) is 3.41. The maximum Gasteiger partial charge on any atom is 0.332 e. The van der Waals surface area contributed by atoms with E-state index in [1.165, 1.54) is 11.6 Å².